The predicted molar refractivity (Wildman–Crippen MR) is 89.4 cm³/mol. The van der Waals surface area contributed by atoms with Gasteiger partial charge in [-0.25, -0.2) is 8.42 Å². The van der Waals surface area contributed by atoms with Gasteiger partial charge < -0.3 is 0 Å². The number of thioether (sulfide) groups is 1. The maximum absolute atomic E-state index is 12.5. The molecule has 6 heteroatoms. The molecule has 0 saturated carbocycles. The minimum Gasteiger partial charge on any atom is -0.279 e. The number of thiocyanates is 1. The van der Waals surface area contributed by atoms with Crippen LogP contribution in [-0.2, 0) is 10.0 Å². The van der Waals surface area contributed by atoms with Crippen LogP contribution in [0.1, 0.15) is 16.7 Å². The van der Waals surface area contributed by atoms with E-state index >= 15 is 0 Å². The molecule has 114 valence electrons. The van der Waals surface area contributed by atoms with Crippen LogP contribution in [0.15, 0.2) is 46.2 Å². The molecule has 2 aromatic carbocycles. The number of benzene rings is 2. The van der Waals surface area contributed by atoms with Gasteiger partial charge in [0.15, 0.2) is 0 Å². The zero-order valence-electron chi connectivity index (χ0n) is 12.5. The Morgan fingerprint density at radius 3 is 2.32 bits per heavy atom. The second kappa shape index (κ2) is 6.42. The molecule has 2 aromatic rings. The van der Waals surface area contributed by atoms with Crippen molar-refractivity contribution in [2.75, 3.05) is 4.72 Å². The lowest BCUT2D eigenvalue weighted by molar-refractivity contribution is 0.601. The molecule has 0 aliphatic rings. The van der Waals surface area contributed by atoms with Crippen LogP contribution in [0, 0.1) is 31.4 Å². The van der Waals surface area contributed by atoms with Crippen molar-refractivity contribution >= 4 is 27.5 Å². The molecule has 0 aliphatic heterocycles. The number of nitriles is 1. The number of anilines is 1. The average molecular weight is 332 g/mol. The molecule has 0 bridgehead atoms. The Morgan fingerprint density at radius 2 is 1.73 bits per heavy atom. The standard InChI is InChI=1S/C16H16N2O2S2/c1-11-4-6-15(9-12(11)2)22(19,20)18-16-7-5-14(21-10-17)8-13(16)3/h4-9,18H,1-3H3. The Hall–Kier alpha value is -1.97. The van der Waals surface area contributed by atoms with Crippen LogP contribution < -0.4 is 4.72 Å². The molecule has 0 atom stereocenters. The van der Waals surface area contributed by atoms with E-state index in [1.807, 2.05) is 19.2 Å². The fourth-order valence-electron chi connectivity index (χ4n) is 1.95. The second-order valence-electron chi connectivity index (χ2n) is 5.02. The molecule has 2 rings (SSSR count). The van der Waals surface area contributed by atoms with Crippen molar-refractivity contribution in [3.63, 3.8) is 0 Å². The van der Waals surface area contributed by atoms with Crippen LogP contribution in [0.3, 0.4) is 0 Å². The largest absolute Gasteiger partial charge is 0.279 e. The lowest BCUT2D eigenvalue weighted by Gasteiger charge is -2.12. The summed E-state index contributed by atoms with van der Waals surface area (Å²) in [6.07, 6.45) is 0. The number of nitrogens with one attached hydrogen (secondary N) is 1. The fourth-order valence-corrected chi connectivity index (χ4v) is 3.64. The van der Waals surface area contributed by atoms with Crippen LogP contribution in [0.4, 0.5) is 5.69 Å². The first-order valence-corrected chi connectivity index (χ1v) is 8.90. The van der Waals surface area contributed by atoms with Gasteiger partial charge in [-0.1, -0.05) is 6.07 Å². The molecule has 0 unspecified atom stereocenters. The third-order valence-corrected chi connectivity index (χ3v) is 5.34. The molecule has 0 spiro atoms. The highest BCUT2D eigenvalue weighted by atomic mass is 32.2. The summed E-state index contributed by atoms with van der Waals surface area (Å²) in [7, 11) is -3.62. The maximum atomic E-state index is 12.5. The molecular formula is C16H16N2O2S2. The molecule has 1 N–H and O–H groups in total. The molecule has 0 fully saturated rings. The highest BCUT2D eigenvalue weighted by Gasteiger charge is 2.16. The normalized spacial score (nSPS) is 11.0. The predicted octanol–water partition coefficient (Wildman–Crippen LogP) is 3.99. The van der Waals surface area contributed by atoms with Crippen molar-refractivity contribution in [1.82, 2.24) is 0 Å². The summed E-state index contributed by atoms with van der Waals surface area (Å²) in [5.41, 5.74) is 3.27. The summed E-state index contributed by atoms with van der Waals surface area (Å²) in [5, 5.41) is 10.7. The van der Waals surface area contributed by atoms with Crippen LogP contribution >= 0.6 is 11.8 Å². The van der Waals surface area contributed by atoms with Gasteiger partial charge in [0.25, 0.3) is 10.0 Å². The molecule has 0 amide bonds. The molecule has 0 aliphatic carbocycles. The summed E-state index contributed by atoms with van der Waals surface area (Å²) < 4.78 is 27.5. The summed E-state index contributed by atoms with van der Waals surface area (Å²) in [6, 6.07) is 10.2. The van der Waals surface area contributed by atoms with E-state index in [1.165, 1.54) is 0 Å². The smallest absolute Gasteiger partial charge is 0.261 e. The number of aryl methyl sites for hydroxylation is 3. The summed E-state index contributed by atoms with van der Waals surface area (Å²) >= 11 is 1.04. The first-order chi connectivity index (χ1) is 10.3. The lowest BCUT2D eigenvalue weighted by Crippen LogP contribution is -2.14. The van der Waals surface area contributed by atoms with Crippen molar-refractivity contribution in [3.8, 4) is 5.40 Å². The summed E-state index contributed by atoms with van der Waals surface area (Å²) in [4.78, 5) is 1.03. The van der Waals surface area contributed by atoms with E-state index in [0.717, 1.165) is 33.3 Å². The van der Waals surface area contributed by atoms with Crippen LogP contribution in [-0.4, -0.2) is 8.42 Å². The van der Waals surface area contributed by atoms with Gasteiger partial charge in [-0.15, -0.1) is 0 Å². The number of nitrogens with zero attached hydrogens (tertiary/aromatic N) is 1. The van der Waals surface area contributed by atoms with Crippen LogP contribution in [0.5, 0.6) is 0 Å². The van der Waals surface area contributed by atoms with E-state index in [0.29, 0.717) is 5.69 Å². The van der Waals surface area contributed by atoms with Gasteiger partial charge in [-0.2, -0.15) is 5.26 Å². The first-order valence-electron chi connectivity index (χ1n) is 6.60. The maximum Gasteiger partial charge on any atom is 0.261 e. The van der Waals surface area contributed by atoms with Crippen molar-refractivity contribution in [3.05, 3.63) is 53.1 Å². The minimum atomic E-state index is -3.62. The third-order valence-electron chi connectivity index (χ3n) is 3.39. The van der Waals surface area contributed by atoms with Crippen molar-refractivity contribution < 1.29 is 8.42 Å². The quantitative estimate of drug-likeness (QED) is 0.679. The van der Waals surface area contributed by atoms with Crippen LogP contribution in [0.2, 0.25) is 0 Å². The fraction of sp³-hybridized carbons (Fsp3) is 0.188. The van der Waals surface area contributed by atoms with E-state index in [1.54, 1.807) is 43.3 Å². The number of hydrogen-bond acceptors (Lipinski definition) is 4. The molecule has 0 aromatic heterocycles. The highest BCUT2D eigenvalue weighted by Crippen LogP contribution is 2.25. The van der Waals surface area contributed by atoms with E-state index in [-0.39, 0.29) is 4.90 Å². The summed E-state index contributed by atoms with van der Waals surface area (Å²) in [6.45, 7) is 5.63. The van der Waals surface area contributed by atoms with Crippen molar-refractivity contribution in [2.45, 2.75) is 30.6 Å². The van der Waals surface area contributed by atoms with Gasteiger partial charge in [-0.05, 0) is 79.6 Å². The molecule has 22 heavy (non-hydrogen) atoms. The van der Waals surface area contributed by atoms with Crippen molar-refractivity contribution in [2.24, 2.45) is 0 Å². The van der Waals surface area contributed by atoms with E-state index < -0.39 is 10.0 Å². The number of sulfonamides is 1. The van der Waals surface area contributed by atoms with Gasteiger partial charge in [0.1, 0.15) is 5.40 Å². The Bertz CT molecular complexity index is 853. The Labute approximate surface area is 135 Å². The van der Waals surface area contributed by atoms with Gasteiger partial charge in [-0.3, -0.25) is 4.72 Å². The SMILES string of the molecule is Cc1ccc(S(=O)(=O)Nc2ccc(SC#N)cc2C)cc1C. The van der Waals surface area contributed by atoms with Gasteiger partial charge in [0.05, 0.1) is 10.6 Å². The second-order valence-corrected chi connectivity index (χ2v) is 7.56. The number of rotatable bonds is 4. The lowest BCUT2D eigenvalue weighted by atomic mass is 10.1. The van der Waals surface area contributed by atoms with Crippen LogP contribution in [0.25, 0.3) is 0 Å². The van der Waals surface area contributed by atoms with Gasteiger partial charge >= 0.3 is 0 Å². The van der Waals surface area contributed by atoms with E-state index in [9.17, 15) is 8.42 Å². The van der Waals surface area contributed by atoms with Gasteiger partial charge in [0, 0.05) is 4.90 Å². The van der Waals surface area contributed by atoms with Crippen molar-refractivity contribution in [1.29, 1.82) is 5.26 Å². The molecule has 0 saturated heterocycles. The Kier molecular flexibility index (Phi) is 4.79. The topological polar surface area (TPSA) is 70.0 Å². The third kappa shape index (κ3) is 3.62. The van der Waals surface area contributed by atoms with E-state index in [4.69, 9.17) is 5.26 Å². The minimum absolute atomic E-state index is 0.241. The highest BCUT2D eigenvalue weighted by molar-refractivity contribution is 8.03. The Balaban J connectivity index is 2.32. The van der Waals surface area contributed by atoms with Gasteiger partial charge in [0.2, 0.25) is 0 Å². The molecule has 0 heterocycles. The zero-order valence-corrected chi connectivity index (χ0v) is 14.2. The first kappa shape index (κ1) is 16.4. The molecule has 4 nitrogen and oxygen atoms in total. The zero-order chi connectivity index (χ0) is 16.3. The monoisotopic (exact) mass is 332 g/mol. The number of hydrogen-bond donors (Lipinski definition) is 1. The summed E-state index contributed by atoms with van der Waals surface area (Å²) in [5.74, 6) is 0. The Morgan fingerprint density at radius 1 is 1.00 bits per heavy atom. The van der Waals surface area contributed by atoms with E-state index in [2.05, 4.69) is 4.72 Å². The molecule has 0 radical (unpaired) electrons. The molecular weight excluding hydrogens is 316 g/mol. The average Bonchev–Trinajstić information content (AvgIpc) is 2.45.